The van der Waals surface area contributed by atoms with E-state index in [-0.39, 0.29) is 25.7 Å². The molecule has 7 nitrogen and oxygen atoms in total. The van der Waals surface area contributed by atoms with Gasteiger partial charge < -0.3 is 14.8 Å². The quantitative estimate of drug-likeness (QED) is 0.614. The van der Waals surface area contributed by atoms with Gasteiger partial charge in [-0.2, -0.15) is 4.31 Å². The van der Waals surface area contributed by atoms with E-state index in [1.165, 1.54) is 0 Å². The van der Waals surface area contributed by atoms with Crippen LogP contribution in [-0.2, 0) is 21.4 Å². The molecule has 2 aromatic rings. The number of hydrogen-bond acceptors (Lipinski definition) is 5. The second kappa shape index (κ2) is 10.5. The summed E-state index contributed by atoms with van der Waals surface area (Å²) < 4.78 is 36.0. The second-order valence-electron chi connectivity index (χ2n) is 6.58. The number of hydrogen-bond donors (Lipinski definition) is 1. The van der Waals surface area contributed by atoms with Crippen LogP contribution in [0, 0.1) is 0 Å². The van der Waals surface area contributed by atoms with Crippen molar-refractivity contribution in [3.8, 4) is 11.5 Å². The van der Waals surface area contributed by atoms with Gasteiger partial charge in [-0.1, -0.05) is 29.8 Å². The molecule has 0 aliphatic carbocycles. The predicted octanol–water partition coefficient (Wildman–Crippen LogP) is 2.69. The number of amides is 1. The lowest BCUT2D eigenvalue weighted by molar-refractivity contribution is -0.122. The summed E-state index contributed by atoms with van der Waals surface area (Å²) in [5.74, 6) is 0.940. The fourth-order valence-corrected chi connectivity index (χ4v) is 3.44. The van der Waals surface area contributed by atoms with Crippen molar-refractivity contribution < 1.29 is 22.7 Å². The number of sulfonamides is 1. The third-order valence-corrected chi connectivity index (χ3v) is 5.63. The van der Waals surface area contributed by atoms with Crippen LogP contribution in [0.3, 0.4) is 0 Å². The number of rotatable bonds is 10. The molecule has 1 amide bonds. The van der Waals surface area contributed by atoms with Crippen molar-refractivity contribution in [2.45, 2.75) is 19.5 Å². The highest BCUT2D eigenvalue weighted by Gasteiger charge is 2.22. The van der Waals surface area contributed by atoms with Crippen LogP contribution in [0.5, 0.6) is 11.5 Å². The van der Waals surface area contributed by atoms with Crippen LogP contribution in [0.1, 0.15) is 12.5 Å². The molecule has 1 unspecified atom stereocenters. The molecule has 0 radical (unpaired) electrons. The van der Waals surface area contributed by atoms with Gasteiger partial charge in [0.1, 0.15) is 18.1 Å². The van der Waals surface area contributed by atoms with Crippen LogP contribution in [-0.4, -0.2) is 51.2 Å². The Morgan fingerprint density at radius 2 is 1.76 bits per heavy atom. The molecule has 29 heavy (non-hydrogen) atoms. The lowest BCUT2D eigenvalue weighted by Crippen LogP contribution is -2.44. The highest BCUT2D eigenvalue weighted by Crippen LogP contribution is 2.19. The summed E-state index contributed by atoms with van der Waals surface area (Å²) in [4.78, 5) is 12.4. The molecule has 0 saturated carbocycles. The number of carbonyl (C=O) groups excluding carboxylic acids is 1. The molecule has 0 fully saturated rings. The molecule has 0 heterocycles. The first-order valence-electron chi connectivity index (χ1n) is 8.93. The molecule has 0 aromatic heterocycles. The maximum atomic E-state index is 12.4. The van der Waals surface area contributed by atoms with Gasteiger partial charge >= 0.3 is 0 Å². The zero-order valence-corrected chi connectivity index (χ0v) is 18.2. The smallest absolute Gasteiger partial charge is 0.235 e. The van der Waals surface area contributed by atoms with Gasteiger partial charge in [-0.05, 0) is 42.8 Å². The first-order chi connectivity index (χ1) is 13.7. The first-order valence-corrected chi connectivity index (χ1v) is 11.2. The molecule has 158 valence electrons. The lowest BCUT2D eigenvalue weighted by atomic mass is 10.2. The summed E-state index contributed by atoms with van der Waals surface area (Å²) in [5, 5.41) is 3.19. The first kappa shape index (κ1) is 23.0. The molecular formula is C20H25ClN2O5S. The van der Waals surface area contributed by atoms with Crippen molar-refractivity contribution in [1.82, 2.24) is 9.62 Å². The molecule has 2 aromatic carbocycles. The SMILES string of the molecule is COc1ccc(OCC(C)NC(=O)CN(Cc2ccccc2Cl)S(C)(=O)=O)cc1. The number of nitrogens with one attached hydrogen (secondary N) is 1. The molecule has 9 heteroatoms. The van der Waals surface area contributed by atoms with Gasteiger partial charge in [0.2, 0.25) is 15.9 Å². The van der Waals surface area contributed by atoms with E-state index in [1.807, 2.05) is 0 Å². The number of ether oxygens (including phenoxy) is 2. The van der Waals surface area contributed by atoms with Crippen LogP contribution in [0.4, 0.5) is 0 Å². The Hall–Kier alpha value is -2.29. The fraction of sp³-hybridized carbons (Fsp3) is 0.350. The van der Waals surface area contributed by atoms with Crippen molar-refractivity contribution in [2.75, 3.05) is 26.5 Å². The molecule has 2 rings (SSSR count). The van der Waals surface area contributed by atoms with E-state index in [2.05, 4.69) is 5.32 Å². The number of halogens is 1. The van der Waals surface area contributed by atoms with Gasteiger partial charge in [0, 0.05) is 11.6 Å². The van der Waals surface area contributed by atoms with Crippen LogP contribution < -0.4 is 14.8 Å². The highest BCUT2D eigenvalue weighted by molar-refractivity contribution is 7.88. The van der Waals surface area contributed by atoms with Crippen molar-refractivity contribution >= 4 is 27.5 Å². The summed E-state index contributed by atoms with van der Waals surface area (Å²) in [6.07, 6.45) is 1.06. The van der Waals surface area contributed by atoms with Crippen LogP contribution in [0.25, 0.3) is 0 Å². The normalized spacial score (nSPS) is 12.4. The van der Waals surface area contributed by atoms with E-state index in [0.29, 0.717) is 16.3 Å². The van der Waals surface area contributed by atoms with E-state index in [9.17, 15) is 13.2 Å². The van der Waals surface area contributed by atoms with Gasteiger partial charge in [0.05, 0.1) is 26.0 Å². The zero-order chi connectivity index (χ0) is 21.4. The van der Waals surface area contributed by atoms with Gasteiger partial charge in [-0.15, -0.1) is 0 Å². The number of carbonyl (C=O) groups is 1. The molecule has 1 N–H and O–H groups in total. The molecule has 1 atom stereocenters. The fourth-order valence-electron chi connectivity index (χ4n) is 2.52. The summed E-state index contributed by atoms with van der Waals surface area (Å²) in [6, 6.07) is 13.7. The van der Waals surface area contributed by atoms with E-state index in [4.69, 9.17) is 21.1 Å². The number of benzene rings is 2. The second-order valence-corrected chi connectivity index (χ2v) is 8.97. The summed E-state index contributed by atoms with van der Waals surface area (Å²) >= 11 is 6.11. The summed E-state index contributed by atoms with van der Waals surface area (Å²) in [5.41, 5.74) is 0.628. The molecular weight excluding hydrogens is 416 g/mol. The van der Waals surface area contributed by atoms with Crippen molar-refractivity contribution in [2.24, 2.45) is 0 Å². The Morgan fingerprint density at radius 3 is 2.34 bits per heavy atom. The maximum Gasteiger partial charge on any atom is 0.235 e. The average molecular weight is 441 g/mol. The number of methoxy groups -OCH3 is 1. The highest BCUT2D eigenvalue weighted by atomic mass is 35.5. The molecule has 0 bridgehead atoms. The Bertz CT molecular complexity index is 919. The van der Waals surface area contributed by atoms with Gasteiger partial charge in [0.25, 0.3) is 0 Å². The Morgan fingerprint density at radius 1 is 1.14 bits per heavy atom. The van der Waals surface area contributed by atoms with Gasteiger partial charge in [0.15, 0.2) is 0 Å². The van der Waals surface area contributed by atoms with E-state index < -0.39 is 15.9 Å². The van der Waals surface area contributed by atoms with E-state index >= 15 is 0 Å². The van der Waals surface area contributed by atoms with Crippen LogP contribution in [0.15, 0.2) is 48.5 Å². The summed E-state index contributed by atoms with van der Waals surface area (Å²) in [6.45, 7) is 1.72. The maximum absolute atomic E-state index is 12.4. The summed E-state index contributed by atoms with van der Waals surface area (Å²) in [7, 11) is -2.02. The topological polar surface area (TPSA) is 84.9 Å². The van der Waals surface area contributed by atoms with Crippen molar-refractivity contribution in [3.05, 3.63) is 59.1 Å². The molecule has 0 saturated heterocycles. The number of nitrogens with zero attached hydrogens (tertiary/aromatic N) is 1. The standard InChI is InChI=1S/C20H25ClN2O5S/c1-15(14-28-18-10-8-17(27-2)9-11-18)22-20(24)13-23(29(3,25)26)12-16-6-4-5-7-19(16)21/h4-11,15H,12-14H2,1-3H3,(H,22,24). The van der Waals surface area contributed by atoms with Crippen molar-refractivity contribution in [3.63, 3.8) is 0 Å². The average Bonchev–Trinajstić information content (AvgIpc) is 2.67. The lowest BCUT2D eigenvalue weighted by Gasteiger charge is -2.22. The Balaban J connectivity index is 1.90. The van der Waals surface area contributed by atoms with Crippen LogP contribution >= 0.6 is 11.6 Å². The van der Waals surface area contributed by atoms with Gasteiger partial charge in [-0.3, -0.25) is 4.79 Å². The Kier molecular flexibility index (Phi) is 8.31. The van der Waals surface area contributed by atoms with E-state index in [1.54, 1.807) is 62.6 Å². The van der Waals surface area contributed by atoms with E-state index in [0.717, 1.165) is 16.3 Å². The minimum absolute atomic E-state index is 0.0165. The zero-order valence-electron chi connectivity index (χ0n) is 16.6. The third-order valence-electron chi connectivity index (χ3n) is 4.06. The van der Waals surface area contributed by atoms with Crippen molar-refractivity contribution in [1.29, 1.82) is 0 Å². The minimum atomic E-state index is -3.60. The Labute approximate surface area is 176 Å². The third kappa shape index (κ3) is 7.56. The molecule has 0 aliphatic heterocycles. The minimum Gasteiger partial charge on any atom is -0.497 e. The van der Waals surface area contributed by atoms with Gasteiger partial charge in [-0.25, -0.2) is 8.42 Å². The monoisotopic (exact) mass is 440 g/mol. The molecule has 0 spiro atoms. The largest absolute Gasteiger partial charge is 0.497 e. The molecule has 0 aliphatic rings. The predicted molar refractivity (Wildman–Crippen MR) is 113 cm³/mol. The van der Waals surface area contributed by atoms with Crippen LogP contribution in [0.2, 0.25) is 5.02 Å².